The summed E-state index contributed by atoms with van der Waals surface area (Å²) in [5.74, 6) is 1.93. The van der Waals surface area contributed by atoms with E-state index in [-0.39, 0.29) is 0 Å². The summed E-state index contributed by atoms with van der Waals surface area (Å²) >= 11 is 0. The van der Waals surface area contributed by atoms with Crippen LogP contribution < -0.4 is 5.32 Å². The molecule has 0 aromatic carbocycles. The predicted octanol–water partition coefficient (Wildman–Crippen LogP) is 1.51. The Kier molecular flexibility index (Phi) is 3.66. The summed E-state index contributed by atoms with van der Waals surface area (Å²) in [7, 11) is 0. The summed E-state index contributed by atoms with van der Waals surface area (Å²) < 4.78 is 0. The molecule has 1 aliphatic carbocycles. The molecule has 0 bridgehead atoms. The van der Waals surface area contributed by atoms with Gasteiger partial charge in [0.25, 0.3) is 0 Å². The quantitative estimate of drug-likeness (QED) is 0.849. The van der Waals surface area contributed by atoms with Gasteiger partial charge < -0.3 is 10.3 Å². The molecule has 1 aromatic heterocycles. The van der Waals surface area contributed by atoms with Crippen LogP contribution in [-0.4, -0.2) is 47.1 Å². The summed E-state index contributed by atoms with van der Waals surface area (Å²) in [6.45, 7) is 6.89. The van der Waals surface area contributed by atoms with Crippen molar-refractivity contribution in [2.24, 2.45) is 0 Å². The number of H-pyrrole nitrogens is 1. The maximum atomic E-state index is 4.56. The van der Waals surface area contributed by atoms with Crippen LogP contribution in [0.1, 0.15) is 43.6 Å². The van der Waals surface area contributed by atoms with Gasteiger partial charge in [-0.3, -0.25) is 4.90 Å². The zero-order valence-electron chi connectivity index (χ0n) is 11.3. The van der Waals surface area contributed by atoms with E-state index in [0.29, 0.717) is 6.04 Å². The number of aromatic nitrogens is 2. The van der Waals surface area contributed by atoms with Crippen molar-refractivity contribution >= 4 is 0 Å². The van der Waals surface area contributed by atoms with Crippen LogP contribution >= 0.6 is 0 Å². The largest absolute Gasteiger partial charge is 0.346 e. The van der Waals surface area contributed by atoms with Crippen molar-refractivity contribution in [3.63, 3.8) is 0 Å². The van der Waals surface area contributed by atoms with Crippen LogP contribution in [0.5, 0.6) is 0 Å². The number of nitrogens with one attached hydrogen (secondary N) is 2. The molecule has 2 fully saturated rings. The average Bonchev–Trinajstić information content (AvgIpc) is 2.76. The first-order chi connectivity index (χ1) is 8.83. The van der Waals surface area contributed by atoms with E-state index >= 15 is 0 Å². The topological polar surface area (TPSA) is 44.0 Å². The van der Waals surface area contributed by atoms with Crippen molar-refractivity contribution in [2.75, 3.05) is 26.2 Å². The maximum absolute atomic E-state index is 4.56. The number of hydrogen-bond acceptors (Lipinski definition) is 3. The third-order valence-corrected chi connectivity index (χ3v) is 4.46. The van der Waals surface area contributed by atoms with Crippen LogP contribution in [0.15, 0.2) is 6.20 Å². The number of imidazole rings is 1. The summed E-state index contributed by atoms with van der Waals surface area (Å²) in [5, 5.41) is 3.40. The third-order valence-electron chi connectivity index (χ3n) is 4.46. The summed E-state index contributed by atoms with van der Waals surface area (Å²) in [5.41, 5.74) is 1.36. The van der Waals surface area contributed by atoms with Crippen LogP contribution in [0.2, 0.25) is 0 Å². The highest BCUT2D eigenvalue weighted by Crippen LogP contribution is 2.35. The molecule has 1 aromatic rings. The Morgan fingerprint density at radius 3 is 2.83 bits per heavy atom. The first kappa shape index (κ1) is 12.2. The minimum atomic E-state index is 0.590. The molecule has 1 unspecified atom stereocenters. The van der Waals surface area contributed by atoms with Gasteiger partial charge in [-0.15, -0.1) is 0 Å². The van der Waals surface area contributed by atoms with Gasteiger partial charge in [0.15, 0.2) is 0 Å². The molecule has 4 heteroatoms. The minimum Gasteiger partial charge on any atom is -0.346 e. The van der Waals surface area contributed by atoms with E-state index < -0.39 is 0 Å². The summed E-state index contributed by atoms with van der Waals surface area (Å²) in [6, 6.07) is 0.590. The molecule has 100 valence electrons. The highest BCUT2D eigenvalue weighted by Gasteiger charge is 2.22. The summed E-state index contributed by atoms with van der Waals surface area (Å²) in [6.07, 6.45) is 7.18. The SMILES string of the molecule is CC(Cc1ncc(C2CCC2)[nH]1)N1CCNCC1. The molecule has 4 nitrogen and oxygen atoms in total. The van der Waals surface area contributed by atoms with Gasteiger partial charge in [0.2, 0.25) is 0 Å². The monoisotopic (exact) mass is 248 g/mol. The Bertz CT molecular complexity index is 377. The van der Waals surface area contributed by atoms with Gasteiger partial charge in [-0.05, 0) is 19.8 Å². The summed E-state index contributed by atoms with van der Waals surface area (Å²) in [4.78, 5) is 10.6. The van der Waals surface area contributed by atoms with Gasteiger partial charge in [-0.2, -0.15) is 0 Å². The minimum absolute atomic E-state index is 0.590. The molecule has 2 aliphatic rings. The first-order valence-electron chi connectivity index (χ1n) is 7.31. The lowest BCUT2D eigenvalue weighted by Gasteiger charge is -2.32. The number of nitrogens with zero attached hydrogens (tertiary/aromatic N) is 2. The van der Waals surface area contributed by atoms with Crippen molar-refractivity contribution in [2.45, 2.75) is 44.6 Å². The molecule has 1 aliphatic heterocycles. The molecule has 2 N–H and O–H groups in total. The Labute approximate surface area is 109 Å². The highest BCUT2D eigenvalue weighted by atomic mass is 15.2. The van der Waals surface area contributed by atoms with Crippen molar-refractivity contribution < 1.29 is 0 Å². The van der Waals surface area contributed by atoms with E-state index in [1.54, 1.807) is 0 Å². The van der Waals surface area contributed by atoms with E-state index in [4.69, 9.17) is 0 Å². The molecule has 1 saturated heterocycles. The van der Waals surface area contributed by atoms with Crippen molar-refractivity contribution in [1.29, 1.82) is 0 Å². The van der Waals surface area contributed by atoms with Gasteiger partial charge in [-0.1, -0.05) is 6.42 Å². The second-order valence-corrected chi connectivity index (χ2v) is 5.75. The van der Waals surface area contributed by atoms with E-state index in [2.05, 4.69) is 33.3 Å². The molecule has 0 spiro atoms. The Hall–Kier alpha value is -0.870. The van der Waals surface area contributed by atoms with E-state index in [1.165, 1.54) is 30.8 Å². The zero-order valence-corrected chi connectivity index (χ0v) is 11.3. The van der Waals surface area contributed by atoms with Crippen LogP contribution in [0.25, 0.3) is 0 Å². The second kappa shape index (κ2) is 5.41. The van der Waals surface area contributed by atoms with Gasteiger partial charge in [-0.25, -0.2) is 4.98 Å². The molecule has 3 rings (SSSR count). The number of rotatable bonds is 4. The van der Waals surface area contributed by atoms with Gasteiger partial charge in [0.05, 0.1) is 0 Å². The molecular formula is C14H24N4. The third kappa shape index (κ3) is 2.59. The lowest BCUT2D eigenvalue weighted by molar-refractivity contribution is 0.182. The van der Waals surface area contributed by atoms with Crippen molar-refractivity contribution in [3.8, 4) is 0 Å². The van der Waals surface area contributed by atoms with Crippen LogP contribution in [-0.2, 0) is 6.42 Å². The highest BCUT2D eigenvalue weighted by molar-refractivity contribution is 5.11. The molecule has 2 heterocycles. The lowest BCUT2D eigenvalue weighted by atomic mass is 9.83. The predicted molar refractivity (Wildman–Crippen MR) is 72.8 cm³/mol. The number of hydrogen-bond donors (Lipinski definition) is 2. The van der Waals surface area contributed by atoms with Gasteiger partial charge >= 0.3 is 0 Å². The van der Waals surface area contributed by atoms with Crippen molar-refractivity contribution in [1.82, 2.24) is 20.2 Å². The van der Waals surface area contributed by atoms with E-state index in [9.17, 15) is 0 Å². The fourth-order valence-corrected chi connectivity index (χ4v) is 2.94. The fourth-order valence-electron chi connectivity index (χ4n) is 2.94. The molecular weight excluding hydrogens is 224 g/mol. The standard InChI is InChI=1S/C14H24N4/c1-11(18-7-5-15-6-8-18)9-14-16-10-13(17-14)12-3-2-4-12/h10-12,15H,2-9H2,1H3,(H,16,17). The van der Waals surface area contributed by atoms with Crippen LogP contribution in [0.3, 0.4) is 0 Å². The molecule has 1 saturated carbocycles. The fraction of sp³-hybridized carbons (Fsp3) is 0.786. The van der Waals surface area contributed by atoms with E-state index in [0.717, 1.165) is 38.5 Å². The van der Waals surface area contributed by atoms with E-state index in [1.807, 2.05) is 0 Å². The van der Waals surface area contributed by atoms with Crippen molar-refractivity contribution in [3.05, 3.63) is 17.7 Å². The van der Waals surface area contributed by atoms with Crippen LogP contribution in [0.4, 0.5) is 0 Å². The van der Waals surface area contributed by atoms with Crippen LogP contribution in [0, 0.1) is 0 Å². The average molecular weight is 248 g/mol. The van der Waals surface area contributed by atoms with Gasteiger partial charge in [0, 0.05) is 56.5 Å². The van der Waals surface area contributed by atoms with Gasteiger partial charge in [0.1, 0.15) is 5.82 Å². The number of piperazine rings is 1. The Balaban J connectivity index is 1.55. The normalized spacial score (nSPS) is 23.8. The second-order valence-electron chi connectivity index (χ2n) is 5.75. The molecule has 1 atom stereocenters. The molecule has 0 radical (unpaired) electrons. The molecule has 18 heavy (non-hydrogen) atoms. The lowest BCUT2D eigenvalue weighted by Crippen LogP contribution is -2.48. The first-order valence-corrected chi connectivity index (χ1v) is 7.31. The number of aromatic amines is 1. The Morgan fingerprint density at radius 1 is 1.39 bits per heavy atom. The molecule has 0 amide bonds. The zero-order chi connectivity index (χ0) is 12.4. The Morgan fingerprint density at radius 2 is 2.17 bits per heavy atom. The smallest absolute Gasteiger partial charge is 0.107 e. The maximum Gasteiger partial charge on any atom is 0.107 e.